The van der Waals surface area contributed by atoms with Gasteiger partial charge in [-0.15, -0.1) is 0 Å². The minimum Gasteiger partial charge on any atom is -0.290 e. The van der Waals surface area contributed by atoms with Gasteiger partial charge in [0.15, 0.2) is 0 Å². The van der Waals surface area contributed by atoms with Crippen molar-refractivity contribution in [1.82, 2.24) is 14.1 Å². The second-order valence-electron chi connectivity index (χ2n) is 7.18. The zero-order valence-corrected chi connectivity index (χ0v) is 17.5. The molecule has 0 aliphatic rings. The van der Waals surface area contributed by atoms with Crippen LogP contribution < -0.4 is 11.2 Å². The van der Waals surface area contributed by atoms with Crippen LogP contribution in [0.4, 0.5) is 4.39 Å². The third-order valence-electron chi connectivity index (χ3n) is 4.76. The standard InChI is InChI=1S/C24H17ClFN3O2/c1-15(2)28-21-8-4-3-7-18(21)23(30)29(24(28)31)22-19(25)12-17(13-20(22)26)10-9-16-6-5-11-27-14-16/h3-8,11-15H,1-2H3. The van der Waals surface area contributed by atoms with Gasteiger partial charge in [0.05, 0.1) is 15.9 Å². The minimum atomic E-state index is -0.812. The molecule has 5 nitrogen and oxygen atoms in total. The number of para-hydroxylation sites is 1. The Bertz CT molecular complexity index is 1460. The Morgan fingerprint density at radius 2 is 1.77 bits per heavy atom. The summed E-state index contributed by atoms with van der Waals surface area (Å²) in [5.41, 5.74) is -0.119. The molecule has 0 fully saturated rings. The molecule has 0 N–H and O–H groups in total. The van der Waals surface area contributed by atoms with E-state index in [1.54, 1.807) is 48.8 Å². The summed E-state index contributed by atoms with van der Waals surface area (Å²) in [6, 6.07) is 12.6. The summed E-state index contributed by atoms with van der Waals surface area (Å²) < 4.78 is 17.4. The first-order valence-electron chi connectivity index (χ1n) is 9.56. The first-order chi connectivity index (χ1) is 14.9. The van der Waals surface area contributed by atoms with E-state index in [1.165, 1.54) is 10.6 Å². The van der Waals surface area contributed by atoms with Crippen LogP contribution in [0, 0.1) is 17.7 Å². The number of hydrogen-bond donors (Lipinski definition) is 0. The van der Waals surface area contributed by atoms with Crippen molar-refractivity contribution in [2.24, 2.45) is 0 Å². The molecule has 0 aliphatic heterocycles. The van der Waals surface area contributed by atoms with Crippen LogP contribution in [0.2, 0.25) is 5.02 Å². The molecule has 0 aliphatic carbocycles. The minimum absolute atomic E-state index is 0.0831. The lowest BCUT2D eigenvalue weighted by Gasteiger charge is -2.17. The number of benzene rings is 2. The highest BCUT2D eigenvalue weighted by molar-refractivity contribution is 6.32. The highest BCUT2D eigenvalue weighted by Crippen LogP contribution is 2.24. The third kappa shape index (κ3) is 3.76. The highest BCUT2D eigenvalue weighted by Gasteiger charge is 2.21. The van der Waals surface area contributed by atoms with Crippen LogP contribution in [-0.2, 0) is 0 Å². The van der Waals surface area contributed by atoms with Crippen molar-refractivity contribution in [2.75, 3.05) is 0 Å². The van der Waals surface area contributed by atoms with Crippen LogP contribution >= 0.6 is 11.6 Å². The molecule has 0 unspecified atom stereocenters. The average Bonchev–Trinajstić information content (AvgIpc) is 2.74. The van der Waals surface area contributed by atoms with Crippen LogP contribution in [0.25, 0.3) is 16.6 Å². The van der Waals surface area contributed by atoms with Gasteiger partial charge in [-0.2, -0.15) is 0 Å². The van der Waals surface area contributed by atoms with Crippen LogP contribution in [0.3, 0.4) is 0 Å². The first kappa shape index (κ1) is 20.6. The number of rotatable bonds is 2. The molecule has 2 heterocycles. The second-order valence-corrected chi connectivity index (χ2v) is 7.59. The van der Waals surface area contributed by atoms with Crippen LogP contribution in [-0.4, -0.2) is 14.1 Å². The molecule has 0 amide bonds. The molecule has 31 heavy (non-hydrogen) atoms. The lowest BCUT2D eigenvalue weighted by Crippen LogP contribution is -2.40. The van der Waals surface area contributed by atoms with Crippen molar-refractivity contribution >= 4 is 22.5 Å². The summed E-state index contributed by atoms with van der Waals surface area (Å²) in [4.78, 5) is 30.3. The van der Waals surface area contributed by atoms with Gasteiger partial charge < -0.3 is 0 Å². The Labute approximate surface area is 182 Å². The summed E-state index contributed by atoms with van der Waals surface area (Å²) in [6.45, 7) is 3.63. The summed E-state index contributed by atoms with van der Waals surface area (Å²) in [5.74, 6) is 4.89. The van der Waals surface area contributed by atoms with E-state index >= 15 is 4.39 Å². The molecule has 0 saturated carbocycles. The Kier molecular flexibility index (Phi) is 5.45. The molecular weight excluding hydrogens is 417 g/mol. The maximum Gasteiger partial charge on any atom is 0.336 e. The second kappa shape index (κ2) is 8.21. The fourth-order valence-electron chi connectivity index (χ4n) is 3.41. The Morgan fingerprint density at radius 1 is 1.03 bits per heavy atom. The number of fused-ring (bicyclic) bond motifs is 1. The Morgan fingerprint density at radius 3 is 2.45 bits per heavy atom. The van der Waals surface area contributed by atoms with Crippen LogP contribution in [0.1, 0.15) is 31.0 Å². The van der Waals surface area contributed by atoms with Gasteiger partial charge in [0.1, 0.15) is 11.5 Å². The van der Waals surface area contributed by atoms with Gasteiger partial charge in [-0.3, -0.25) is 14.3 Å². The van der Waals surface area contributed by atoms with Gasteiger partial charge in [0.2, 0.25) is 0 Å². The average molecular weight is 434 g/mol. The van der Waals surface area contributed by atoms with Crippen molar-refractivity contribution in [1.29, 1.82) is 0 Å². The van der Waals surface area contributed by atoms with Crippen molar-refractivity contribution < 1.29 is 4.39 Å². The fraction of sp³-hybridized carbons (Fsp3) is 0.125. The predicted molar refractivity (Wildman–Crippen MR) is 119 cm³/mol. The van der Waals surface area contributed by atoms with Crippen molar-refractivity contribution in [3.63, 3.8) is 0 Å². The summed E-state index contributed by atoms with van der Waals surface area (Å²) >= 11 is 6.35. The van der Waals surface area contributed by atoms with Gasteiger partial charge in [-0.25, -0.2) is 13.8 Å². The van der Waals surface area contributed by atoms with Crippen molar-refractivity contribution in [3.8, 4) is 17.5 Å². The van der Waals surface area contributed by atoms with E-state index in [1.807, 2.05) is 13.8 Å². The lowest BCUT2D eigenvalue weighted by molar-refractivity contribution is 0.559. The van der Waals surface area contributed by atoms with Crippen LogP contribution in [0.5, 0.6) is 0 Å². The molecule has 0 bridgehead atoms. The molecule has 4 rings (SSSR count). The summed E-state index contributed by atoms with van der Waals surface area (Å²) in [5, 5.41) is 0.215. The summed E-state index contributed by atoms with van der Waals surface area (Å²) in [7, 11) is 0. The molecular formula is C24H17ClFN3O2. The molecule has 0 radical (unpaired) electrons. The summed E-state index contributed by atoms with van der Waals surface area (Å²) in [6.07, 6.45) is 3.21. The normalized spacial score (nSPS) is 10.9. The molecule has 2 aromatic heterocycles. The molecule has 0 spiro atoms. The van der Waals surface area contributed by atoms with Gasteiger partial charge in [-0.05, 0) is 50.2 Å². The first-order valence-corrected chi connectivity index (χ1v) is 9.94. The van der Waals surface area contributed by atoms with E-state index in [0.29, 0.717) is 22.0 Å². The molecule has 0 atom stereocenters. The van der Waals surface area contributed by atoms with E-state index in [4.69, 9.17) is 11.6 Å². The van der Waals surface area contributed by atoms with Crippen molar-refractivity contribution in [3.05, 3.63) is 104 Å². The smallest absolute Gasteiger partial charge is 0.290 e. The van der Waals surface area contributed by atoms with E-state index in [2.05, 4.69) is 16.8 Å². The zero-order valence-electron chi connectivity index (χ0n) is 16.8. The van der Waals surface area contributed by atoms with Gasteiger partial charge in [0, 0.05) is 29.6 Å². The van der Waals surface area contributed by atoms with E-state index in [9.17, 15) is 9.59 Å². The molecule has 7 heteroatoms. The SMILES string of the molecule is CC(C)n1c(=O)n(-c2c(F)cc(C#Cc3cccnc3)cc2Cl)c(=O)c2ccccc21. The third-order valence-corrected chi connectivity index (χ3v) is 5.05. The van der Waals surface area contributed by atoms with E-state index < -0.39 is 17.1 Å². The number of hydrogen-bond acceptors (Lipinski definition) is 3. The quantitative estimate of drug-likeness (QED) is 0.442. The number of nitrogens with zero attached hydrogens (tertiary/aromatic N) is 3. The number of halogens is 2. The molecule has 4 aromatic rings. The van der Waals surface area contributed by atoms with Crippen molar-refractivity contribution in [2.45, 2.75) is 19.9 Å². The van der Waals surface area contributed by atoms with E-state index in [-0.39, 0.29) is 16.8 Å². The maximum atomic E-state index is 15.1. The zero-order chi connectivity index (χ0) is 22.1. The van der Waals surface area contributed by atoms with E-state index in [0.717, 1.165) is 10.6 Å². The Balaban J connectivity index is 1.95. The van der Waals surface area contributed by atoms with Gasteiger partial charge in [-0.1, -0.05) is 35.6 Å². The van der Waals surface area contributed by atoms with Crippen LogP contribution in [0.15, 0.2) is 70.5 Å². The number of aromatic nitrogens is 3. The number of pyridine rings is 1. The Hall–Kier alpha value is -3.69. The largest absolute Gasteiger partial charge is 0.336 e. The molecule has 0 saturated heterocycles. The fourth-order valence-corrected chi connectivity index (χ4v) is 3.70. The molecule has 154 valence electrons. The topological polar surface area (TPSA) is 56.9 Å². The highest BCUT2D eigenvalue weighted by atomic mass is 35.5. The van der Waals surface area contributed by atoms with Gasteiger partial charge in [0.25, 0.3) is 5.56 Å². The lowest BCUT2D eigenvalue weighted by atomic mass is 10.1. The monoisotopic (exact) mass is 433 g/mol. The molecule has 2 aromatic carbocycles. The van der Waals surface area contributed by atoms with Gasteiger partial charge >= 0.3 is 5.69 Å². The maximum absolute atomic E-state index is 15.1. The predicted octanol–water partition coefficient (Wildman–Crippen LogP) is 4.32.